The van der Waals surface area contributed by atoms with Gasteiger partial charge in [0.25, 0.3) is 0 Å². The van der Waals surface area contributed by atoms with Crippen molar-refractivity contribution in [3.05, 3.63) is 18.0 Å². The van der Waals surface area contributed by atoms with E-state index >= 15 is 0 Å². The number of hydrogen-bond acceptors (Lipinski definition) is 3. The number of aryl methyl sites for hydroxylation is 1. The van der Waals surface area contributed by atoms with Crippen LogP contribution in [0.3, 0.4) is 0 Å². The van der Waals surface area contributed by atoms with Crippen molar-refractivity contribution in [3.8, 4) is 0 Å². The predicted octanol–water partition coefficient (Wildman–Crippen LogP) is 1.05. The van der Waals surface area contributed by atoms with E-state index in [2.05, 4.69) is 5.10 Å². The van der Waals surface area contributed by atoms with Crippen molar-refractivity contribution in [1.29, 1.82) is 0 Å². The van der Waals surface area contributed by atoms with Crippen LogP contribution in [0.25, 0.3) is 0 Å². The second-order valence-electron chi connectivity index (χ2n) is 3.94. The molecule has 0 fully saturated rings. The molecule has 0 spiro atoms. The zero-order valence-corrected chi connectivity index (χ0v) is 9.66. The molecule has 0 aromatic carbocycles. The van der Waals surface area contributed by atoms with Gasteiger partial charge in [-0.05, 0) is 18.9 Å². The quantitative estimate of drug-likeness (QED) is 0.788. The fourth-order valence-corrected chi connectivity index (χ4v) is 1.54. The molecule has 1 heterocycles. The molecule has 15 heavy (non-hydrogen) atoms. The average Bonchev–Trinajstić information content (AvgIpc) is 2.62. The third-order valence-corrected chi connectivity index (χ3v) is 2.93. The maximum Gasteiger partial charge on any atom is 0.158 e. The van der Waals surface area contributed by atoms with Gasteiger partial charge in [0, 0.05) is 13.2 Å². The van der Waals surface area contributed by atoms with Gasteiger partial charge in [-0.15, -0.1) is 0 Å². The molecule has 0 aliphatic carbocycles. The lowest BCUT2D eigenvalue weighted by molar-refractivity contribution is -0.123. The van der Waals surface area contributed by atoms with Crippen molar-refractivity contribution in [2.75, 3.05) is 0 Å². The van der Waals surface area contributed by atoms with Gasteiger partial charge < -0.3 is 5.73 Å². The van der Waals surface area contributed by atoms with E-state index < -0.39 is 5.54 Å². The number of Topliss-reactive ketones (excluding diaryl/α,β-unsaturated/α-hetero) is 1. The summed E-state index contributed by atoms with van der Waals surface area (Å²) in [6.07, 6.45) is 3.52. The number of nitrogens with zero attached hydrogens (tertiary/aromatic N) is 2. The highest BCUT2D eigenvalue weighted by atomic mass is 16.1. The van der Waals surface area contributed by atoms with E-state index in [9.17, 15) is 4.79 Å². The minimum Gasteiger partial charge on any atom is -0.319 e. The Bertz CT molecular complexity index is 339. The molecule has 0 radical (unpaired) electrons. The van der Waals surface area contributed by atoms with Gasteiger partial charge in [-0.3, -0.25) is 9.48 Å². The molecule has 0 aliphatic heterocycles. The third kappa shape index (κ3) is 2.65. The molecular formula is C11H19N3O. The summed E-state index contributed by atoms with van der Waals surface area (Å²) in [5.74, 6) is 0.0752. The number of hydrogen-bond donors (Lipinski definition) is 1. The highest BCUT2D eigenvalue weighted by Gasteiger charge is 2.29. The van der Waals surface area contributed by atoms with Crippen molar-refractivity contribution in [3.63, 3.8) is 0 Å². The molecular weight excluding hydrogens is 190 g/mol. The maximum absolute atomic E-state index is 11.9. The SMILES string of the molecule is CCC(N)(CC)C(=O)Cc1ccn(C)n1. The van der Waals surface area contributed by atoms with Crippen molar-refractivity contribution >= 4 is 5.78 Å². The first-order valence-corrected chi connectivity index (χ1v) is 5.32. The lowest BCUT2D eigenvalue weighted by Gasteiger charge is -2.24. The van der Waals surface area contributed by atoms with Crippen LogP contribution in [0.15, 0.2) is 12.3 Å². The maximum atomic E-state index is 11.9. The summed E-state index contributed by atoms with van der Waals surface area (Å²) in [6.45, 7) is 3.89. The molecule has 1 rings (SSSR count). The van der Waals surface area contributed by atoms with E-state index in [-0.39, 0.29) is 5.78 Å². The van der Waals surface area contributed by atoms with Gasteiger partial charge in [0.05, 0.1) is 17.7 Å². The highest BCUT2D eigenvalue weighted by Crippen LogP contribution is 2.15. The molecule has 0 aliphatic rings. The Morgan fingerprint density at radius 1 is 1.53 bits per heavy atom. The Balaban J connectivity index is 2.70. The molecule has 0 atom stereocenters. The van der Waals surface area contributed by atoms with E-state index in [4.69, 9.17) is 5.73 Å². The molecule has 0 unspecified atom stereocenters. The number of carbonyl (C=O) groups is 1. The Kier molecular flexibility index (Phi) is 3.63. The molecule has 1 aromatic heterocycles. The molecule has 4 heteroatoms. The first-order chi connectivity index (χ1) is 7.01. The van der Waals surface area contributed by atoms with Crippen molar-refractivity contribution in [2.45, 2.75) is 38.6 Å². The number of carbonyl (C=O) groups excluding carboxylic acids is 1. The van der Waals surface area contributed by atoms with Crippen LogP contribution in [0.4, 0.5) is 0 Å². The summed E-state index contributed by atoms with van der Waals surface area (Å²) in [5, 5.41) is 4.17. The largest absolute Gasteiger partial charge is 0.319 e. The predicted molar refractivity (Wildman–Crippen MR) is 59.4 cm³/mol. The second-order valence-corrected chi connectivity index (χ2v) is 3.94. The zero-order valence-electron chi connectivity index (χ0n) is 9.66. The molecule has 0 saturated heterocycles. The minimum atomic E-state index is -0.683. The van der Waals surface area contributed by atoms with Crippen LogP contribution in [0.5, 0.6) is 0 Å². The molecule has 84 valence electrons. The second kappa shape index (κ2) is 4.57. The first-order valence-electron chi connectivity index (χ1n) is 5.32. The summed E-state index contributed by atoms with van der Waals surface area (Å²) in [6, 6.07) is 1.85. The van der Waals surface area contributed by atoms with E-state index in [1.165, 1.54) is 0 Å². The van der Waals surface area contributed by atoms with Crippen LogP contribution < -0.4 is 5.73 Å². The van der Waals surface area contributed by atoms with Crippen molar-refractivity contribution in [2.24, 2.45) is 12.8 Å². The standard InChI is InChI=1S/C11H19N3O/c1-4-11(12,5-2)10(15)8-9-6-7-14(3)13-9/h6-7H,4-5,8,12H2,1-3H3. The zero-order chi connectivity index (χ0) is 11.5. The fraction of sp³-hybridized carbons (Fsp3) is 0.636. The summed E-state index contributed by atoms with van der Waals surface area (Å²) < 4.78 is 1.69. The van der Waals surface area contributed by atoms with Gasteiger partial charge in [0.15, 0.2) is 5.78 Å². The topological polar surface area (TPSA) is 60.9 Å². The van der Waals surface area contributed by atoms with Gasteiger partial charge in [0.2, 0.25) is 0 Å². The summed E-state index contributed by atoms with van der Waals surface area (Å²) >= 11 is 0. The van der Waals surface area contributed by atoms with Crippen LogP contribution >= 0.6 is 0 Å². The molecule has 0 bridgehead atoms. The third-order valence-electron chi connectivity index (χ3n) is 2.93. The smallest absolute Gasteiger partial charge is 0.158 e. The first kappa shape index (κ1) is 11.9. The fourth-order valence-electron chi connectivity index (χ4n) is 1.54. The molecule has 1 aromatic rings. The summed E-state index contributed by atoms with van der Waals surface area (Å²) in [7, 11) is 1.84. The number of nitrogens with two attached hydrogens (primary N) is 1. The Morgan fingerprint density at radius 2 is 2.13 bits per heavy atom. The average molecular weight is 209 g/mol. The lowest BCUT2D eigenvalue weighted by atomic mass is 9.87. The molecule has 2 N–H and O–H groups in total. The molecule has 0 saturated carbocycles. The molecule has 4 nitrogen and oxygen atoms in total. The van der Waals surface area contributed by atoms with Crippen LogP contribution in [-0.2, 0) is 18.3 Å². The monoisotopic (exact) mass is 209 g/mol. The van der Waals surface area contributed by atoms with E-state index in [0.29, 0.717) is 19.3 Å². The van der Waals surface area contributed by atoms with Crippen molar-refractivity contribution < 1.29 is 4.79 Å². The normalized spacial score (nSPS) is 11.7. The number of aromatic nitrogens is 2. The van der Waals surface area contributed by atoms with Crippen LogP contribution in [0.2, 0.25) is 0 Å². The Hall–Kier alpha value is -1.16. The van der Waals surface area contributed by atoms with E-state index in [1.807, 2.05) is 33.2 Å². The Morgan fingerprint density at radius 3 is 2.53 bits per heavy atom. The van der Waals surface area contributed by atoms with Crippen LogP contribution in [0.1, 0.15) is 32.4 Å². The van der Waals surface area contributed by atoms with Crippen molar-refractivity contribution in [1.82, 2.24) is 9.78 Å². The van der Waals surface area contributed by atoms with Crippen LogP contribution in [0, 0.1) is 0 Å². The van der Waals surface area contributed by atoms with Gasteiger partial charge in [-0.25, -0.2) is 0 Å². The van der Waals surface area contributed by atoms with Crippen LogP contribution in [-0.4, -0.2) is 21.1 Å². The highest BCUT2D eigenvalue weighted by molar-refractivity contribution is 5.89. The van der Waals surface area contributed by atoms with E-state index in [1.54, 1.807) is 4.68 Å². The van der Waals surface area contributed by atoms with Gasteiger partial charge in [-0.2, -0.15) is 5.10 Å². The Labute approximate surface area is 90.5 Å². The summed E-state index contributed by atoms with van der Waals surface area (Å²) in [5.41, 5.74) is 6.12. The number of rotatable bonds is 5. The van der Waals surface area contributed by atoms with E-state index in [0.717, 1.165) is 5.69 Å². The lowest BCUT2D eigenvalue weighted by Crippen LogP contribution is -2.47. The minimum absolute atomic E-state index is 0.0752. The molecule has 0 amide bonds. The van der Waals surface area contributed by atoms with Gasteiger partial charge >= 0.3 is 0 Å². The van der Waals surface area contributed by atoms with Gasteiger partial charge in [-0.1, -0.05) is 13.8 Å². The summed E-state index contributed by atoms with van der Waals surface area (Å²) in [4.78, 5) is 11.9. The number of ketones is 1. The van der Waals surface area contributed by atoms with Gasteiger partial charge in [0.1, 0.15) is 0 Å².